The summed E-state index contributed by atoms with van der Waals surface area (Å²) in [7, 11) is 0. The van der Waals surface area contributed by atoms with Crippen LogP contribution < -0.4 is 0 Å². The molecule has 2 aromatic rings. The minimum atomic E-state index is -1.01. The maximum atomic E-state index is 11.3. The fraction of sp³-hybridized carbons (Fsp3) is 0.143. The van der Waals surface area contributed by atoms with Gasteiger partial charge in [-0.2, -0.15) is 0 Å². The molecule has 0 bridgehead atoms. The first-order chi connectivity index (χ1) is 10.8. The highest BCUT2D eigenvalue weighted by Gasteiger charge is 2.29. The first-order valence-electron chi connectivity index (χ1n) is 7.55. The molecule has 0 atom stereocenters. The van der Waals surface area contributed by atoms with Crippen molar-refractivity contribution in [1.29, 1.82) is 0 Å². The Balaban J connectivity index is 2.27. The predicted octanol–water partition coefficient (Wildman–Crippen LogP) is 5.00. The van der Waals surface area contributed by atoms with Crippen molar-refractivity contribution < 1.29 is 5.11 Å². The molecule has 0 saturated heterocycles. The van der Waals surface area contributed by atoms with E-state index in [4.69, 9.17) is 0 Å². The number of hydrogen-bond acceptors (Lipinski definition) is 1. The molecule has 0 spiro atoms. The van der Waals surface area contributed by atoms with Gasteiger partial charge in [0.05, 0.1) is 0 Å². The second kappa shape index (κ2) is 8.16. The smallest absolute Gasteiger partial charge is 0.118 e. The van der Waals surface area contributed by atoms with Gasteiger partial charge in [-0.25, -0.2) is 0 Å². The Labute approximate surface area is 132 Å². The first kappa shape index (κ1) is 16.0. The second-order valence-electron chi connectivity index (χ2n) is 5.14. The minimum absolute atomic E-state index is 0.529. The monoisotopic (exact) mass is 290 g/mol. The first-order valence-corrected chi connectivity index (χ1v) is 7.55. The molecule has 112 valence electrons. The highest BCUT2D eigenvalue weighted by atomic mass is 16.3. The van der Waals surface area contributed by atoms with Crippen LogP contribution in [0.1, 0.15) is 24.5 Å². The van der Waals surface area contributed by atoms with Gasteiger partial charge in [-0.05, 0) is 18.1 Å². The van der Waals surface area contributed by atoms with Crippen molar-refractivity contribution in [3.05, 3.63) is 108 Å². The lowest BCUT2D eigenvalue weighted by Gasteiger charge is -2.28. The van der Waals surface area contributed by atoms with Crippen LogP contribution in [0.3, 0.4) is 0 Å². The van der Waals surface area contributed by atoms with Crippen molar-refractivity contribution in [2.75, 3.05) is 0 Å². The van der Waals surface area contributed by atoms with E-state index in [1.54, 1.807) is 0 Å². The zero-order valence-electron chi connectivity index (χ0n) is 12.9. The molecule has 0 aliphatic rings. The summed E-state index contributed by atoms with van der Waals surface area (Å²) in [6, 6.07) is 19.6. The molecule has 1 heteroatoms. The quantitative estimate of drug-likeness (QED) is 0.742. The average molecular weight is 290 g/mol. The molecule has 0 aromatic heterocycles. The Hall–Kier alpha value is -2.38. The Morgan fingerprint density at radius 2 is 1.27 bits per heavy atom. The summed E-state index contributed by atoms with van der Waals surface area (Å²) in [5.41, 5.74) is 0.805. The SMILES string of the molecule is C\C=C/C=C\C=C\CC(O)(c1ccccc1)c1ccccc1. The summed E-state index contributed by atoms with van der Waals surface area (Å²) in [5.74, 6) is 0. The van der Waals surface area contributed by atoms with E-state index in [0.29, 0.717) is 6.42 Å². The lowest BCUT2D eigenvalue weighted by molar-refractivity contribution is 0.0841. The molecule has 0 heterocycles. The maximum absolute atomic E-state index is 11.3. The van der Waals surface area contributed by atoms with Crippen LogP contribution in [0.15, 0.2) is 97.1 Å². The molecule has 0 fully saturated rings. The van der Waals surface area contributed by atoms with Crippen LogP contribution in [0.25, 0.3) is 0 Å². The lowest BCUT2D eigenvalue weighted by Crippen LogP contribution is -2.26. The average Bonchev–Trinajstić information content (AvgIpc) is 2.59. The Kier molecular flexibility index (Phi) is 5.93. The maximum Gasteiger partial charge on any atom is 0.118 e. The third-order valence-corrected chi connectivity index (χ3v) is 3.58. The van der Waals surface area contributed by atoms with E-state index in [9.17, 15) is 5.11 Å². The lowest BCUT2D eigenvalue weighted by atomic mass is 9.83. The van der Waals surface area contributed by atoms with Gasteiger partial charge in [0.2, 0.25) is 0 Å². The summed E-state index contributed by atoms with van der Waals surface area (Å²) >= 11 is 0. The molecule has 0 radical (unpaired) electrons. The molecule has 2 rings (SSSR count). The Morgan fingerprint density at radius 3 is 1.77 bits per heavy atom. The third kappa shape index (κ3) is 4.06. The summed E-state index contributed by atoms with van der Waals surface area (Å²) in [5, 5.41) is 11.3. The molecule has 0 aliphatic heterocycles. The van der Waals surface area contributed by atoms with E-state index < -0.39 is 5.60 Å². The predicted molar refractivity (Wildman–Crippen MR) is 93.6 cm³/mol. The van der Waals surface area contributed by atoms with Crippen molar-refractivity contribution in [3.8, 4) is 0 Å². The minimum Gasteiger partial charge on any atom is -0.380 e. The summed E-state index contributed by atoms with van der Waals surface area (Å²) in [4.78, 5) is 0. The van der Waals surface area contributed by atoms with E-state index in [0.717, 1.165) is 11.1 Å². The highest BCUT2D eigenvalue weighted by molar-refractivity contribution is 5.36. The summed E-state index contributed by atoms with van der Waals surface area (Å²) < 4.78 is 0. The highest BCUT2D eigenvalue weighted by Crippen LogP contribution is 2.33. The van der Waals surface area contributed by atoms with Gasteiger partial charge in [-0.15, -0.1) is 0 Å². The number of allylic oxidation sites excluding steroid dienone is 5. The molecule has 0 aliphatic carbocycles. The van der Waals surface area contributed by atoms with Crippen LogP contribution in [0.5, 0.6) is 0 Å². The van der Waals surface area contributed by atoms with Crippen LogP contribution in [0.4, 0.5) is 0 Å². The van der Waals surface area contributed by atoms with Crippen molar-refractivity contribution in [2.45, 2.75) is 18.9 Å². The van der Waals surface area contributed by atoms with Gasteiger partial charge in [0.1, 0.15) is 5.60 Å². The molecule has 1 N–H and O–H groups in total. The largest absolute Gasteiger partial charge is 0.380 e. The topological polar surface area (TPSA) is 20.2 Å². The van der Waals surface area contributed by atoms with Crippen LogP contribution in [0.2, 0.25) is 0 Å². The fourth-order valence-electron chi connectivity index (χ4n) is 2.39. The second-order valence-corrected chi connectivity index (χ2v) is 5.14. The number of hydrogen-bond donors (Lipinski definition) is 1. The Bertz CT molecular complexity index is 597. The van der Waals surface area contributed by atoms with Gasteiger partial charge in [0.25, 0.3) is 0 Å². The van der Waals surface area contributed by atoms with Gasteiger partial charge >= 0.3 is 0 Å². The van der Waals surface area contributed by atoms with E-state index in [1.807, 2.05) is 104 Å². The normalized spacial score (nSPS) is 12.6. The molecule has 22 heavy (non-hydrogen) atoms. The van der Waals surface area contributed by atoms with Gasteiger partial charge in [-0.3, -0.25) is 0 Å². The van der Waals surface area contributed by atoms with Crippen LogP contribution in [-0.2, 0) is 5.60 Å². The van der Waals surface area contributed by atoms with Crippen LogP contribution in [0, 0.1) is 0 Å². The van der Waals surface area contributed by atoms with E-state index in [1.165, 1.54) is 0 Å². The van der Waals surface area contributed by atoms with Gasteiger partial charge < -0.3 is 5.11 Å². The molecule has 0 unspecified atom stereocenters. The van der Waals surface area contributed by atoms with Gasteiger partial charge in [0.15, 0.2) is 0 Å². The molecular formula is C21H22O. The number of aliphatic hydroxyl groups is 1. The zero-order valence-corrected chi connectivity index (χ0v) is 12.9. The number of benzene rings is 2. The van der Waals surface area contributed by atoms with E-state index in [2.05, 4.69) is 0 Å². The van der Waals surface area contributed by atoms with E-state index in [-0.39, 0.29) is 0 Å². The Morgan fingerprint density at radius 1 is 0.773 bits per heavy atom. The molecule has 0 amide bonds. The summed E-state index contributed by atoms with van der Waals surface area (Å²) in [6.07, 6.45) is 12.4. The fourth-order valence-corrected chi connectivity index (χ4v) is 2.39. The van der Waals surface area contributed by atoms with Gasteiger partial charge in [0, 0.05) is 6.42 Å². The van der Waals surface area contributed by atoms with Crippen molar-refractivity contribution >= 4 is 0 Å². The summed E-state index contributed by atoms with van der Waals surface area (Å²) in [6.45, 7) is 1.98. The van der Waals surface area contributed by atoms with Crippen molar-refractivity contribution in [2.24, 2.45) is 0 Å². The molecule has 0 saturated carbocycles. The zero-order chi connectivity index (χ0) is 15.7. The molecular weight excluding hydrogens is 268 g/mol. The van der Waals surface area contributed by atoms with Crippen molar-refractivity contribution in [3.63, 3.8) is 0 Å². The van der Waals surface area contributed by atoms with Crippen LogP contribution >= 0.6 is 0 Å². The van der Waals surface area contributed by atoms with E-state index >= 15 is 0 Å². The van der Waals surface area contributed by atoms with Crippen LogP contribution in [-0.4, -0.2) is 5.11 Å². The third-order valence-electron chi connectivity index (χ3n) is 3.58. The van der Waals surface area contributed by atoms with Crippen molar-refractivity contribution in [1.82, 2.24) is 0 Å². The standard InChI is InChI=1S/C21H22O/c1-2-3-4-5-6-13-18-21(22,19-14-9-7-10-15-19)20-16-11-8-12-17-20/h2-17,22H,18H2,1H3/b3-2-,5-4-,13-6+. The number of rotatable bonds is 6. The van der Waals surface area contributed by atoms with Gasteiger partial charge in [-0.1, -0.05) is 97.1 Å². The molecule has 1 nitrogen and oxygen atoms in total. The molecule has 2 aromatic carbocycles.